The number of aromatic amines is 2. The molecule has 0 atom stereocenters. The van der Waals surface area contributed by atoms with Gasteiger partial charge >= 0.3 is 0 Å². The Hall–Kier alpha value is -4.06. The Kier molecular flexibility index (Phi) is 4.61. The Morgan fingerprint density at radius 1 is 0.969 bits per heavy atom. The molecule has 6 heteroatoms. The van der Waals surface area contributed by atoms with Crippen molar-refractivity contribution in [1.82, 2.24) is 19.9 Å². The molecule has 6 rings (SSSR count). The monoisotopic (exact) mass is 421 g/mol. The van der Waals surface area contributed by atoms with Crippen LogP contribution in [-0.2, 0) is 0 Å². The molecule has 0 saturated heterocycles. The molecule has 0 spiro atoms. The number of benzene rings is 2. The lowest BCUT2D eigenvalue weighted by molar-refractivity contribution is 0.483. The van der Waals surface area contributed by atoms with Gasteiger partial charge in [0.25, 0.3) is 0 Å². The number of H-pyrrole nitrogens is 2. The summed E-state index contributed by atoms with van der Waals surface area (Å²) in [5.41, 5.74) is 7.32. The molecule has 3 heterocycles. The van der Waals surface area contributed by atoms with Gasteiger partial charge < -0.3 is 20.0 Å². The van der Waals surface area contributed by atoms with Gasteiger partial charge in [0, 0.05) is 24.0 Å². The fourth-order valence-corrected chi connectivity index (χ4v) is 4.33. The molecule has 2 aromatic carbocycles. The van der Waals surface area contributed by atoms with Crippen LogP contribution in [0.2, 0.25) is 0 Å². The van der Waals surface area contributed by atoms with E-state index in [2.05, 4.69) is 32.4 Å². The highest BCUT2D eigenvalue weighted by molar-refractivity contribution is 5.97. The number of anilines is 2. The van der Waals surface area contributed by atoms with Crippen molar-refractivity contribution >= 4 is 39.3 Å². The molecular formula is C26H23N5O. The molecule has 0 fully saturated rings. The van der Waals surface area contributed by atoms with Crippen molar-refractivity contribution in [2.45, 2.75) is 25.7 Å². The van der Waals surface area contributed by atoms with Crippen LogP contribution in [0.5, 0.6) is 11.5 Å². The number of aromatic nitrogens is 4. The summed E-state index contributed by atoms with van der Waals surface area (Å²) in [6.45, 7) is 0. The minimum absolute atomic E-state index is 0.668. The number of ether oxygens (including phenoxy) is 1. The molecule has 0 bridgehead atoms. The standard InChI is InChI=1S/C26H23N5O/c1-3-7-17(8-4-1)20-13-14-27-25-23(16-28-24(20)25)31-26-29-21-12-11-19(15-22(21)30-26)32-18-9-5-2-6-10-18/h2,5-7,9-16,28H,1,3-4,8H2,(H2,29,30,31). The Bertz CT molecular complexity index is 1430. The second-order valence-corrected chi connectivity index (χ2v) is 8.06. The van der Waals surface area contributed by atoms with Gasteiger partial charge in [0.15, 0.2) is 0 Å². The van der Waals surface area contributed by atoms with Crippen molar-refractivity contribution in [3.63, 3.8) is 0 Å². The Morgan fingerprint density at radius 3 is 2.78 bits per heavy atom. The van der Waals surface area contributed by atoms with Gasteiger partial charge in [0.1, 0.15) is 17.0 Å². The van der Waals surface area contributed by atoms with E-state index in [1.54, 1.807) is 0 Å². The summed E-state index contributed by atoms with van der Waals surface area (Å²) in [5.74, 6) is 2.22. The van der Waals surface area contributed by atoms with Crippen molar-refractivity contribution in [3.8, 4) is 11.5 Å². The van der Waals surface area contributed by atoms with Crippen LogP contribution in [0.15, 0.2) is 73.1 Å². The van der Waals surface area contributed by atoms with Crippen molar-refractivity contribution in [2.24, 2.45) is 0 Å². The summed E-state index contributed by atoms with van der Waals surface area (Å²) in [4.78, 5) is 16.1. The van der Waals surface area contributed by atoms with Gasteiger partial charge in [-0.1, -0.05) is 24.3 Å². The van der Waals surface area contributed by atoms with E-state index in [0.717, 1.165) is 52.1 Å². The molecule has 0 saturated carbocycles. The third kappa shape index (κ3) is 3.50. The average molecular weight is 422 g/mol. The molecule has 0 aliphatic heterocycles. The van der Waals surface area contributed by atoms with E-state index in [1.807, 2.05) is 60.9 Å². The number of allylic oxidation sites excluding steroid dienone is 2. The third-order valence-electron chi connectivity index (χ3n) is 5.89. The zero-order valence-corrected chi connectivity index (χ0v) is 17.6. The summed E-state index contributed by atoms with van der Waals surface area (Å²) < 4.78 is 5.94. The van der Waals surface area contributed by atoms with Crippen molar-refractivity contribution in [2.75, 3.05) is 5.32 Å². The maximum Gasteiger partial charge on any atom is 0.205 e. The molecule has 0 radical (unpaired) electrons. The van der Waals surface area contributed by atoms with E-state index < -0.39 is 0 Å². The predicted octanol–water partition coefficient (Wildman–Crippen LogP) is 6.93. The van der Waals surface area contributed by atoms with Gasteiger partial charge in [-0.25, -0.2) is 4.98 Å². The van der Waals surface area contributed by atoms with Gasteiger partial charge in [-0.15, -0.1) is 0 Å². The predicted molar refractivity (Wildman–Crippen MR) is 128 cm³/mol. The molecule has 3 N–H and O–H groups in total. The molecule has 158 valence electrons. The quantitative estimate of drug-likeness (QED) is 0.287. The largest absolute Gasteiger partial charge is 0.457 e. The van der Waals surface area contributed by atoms with Crippen LogP contribution in [0.1, 0.15) is 31.2 Å². The van der Waals surface area contributed by atoms with Crippen LogP contribution in [0.3, 0.4) is 0 Å². The van der Waals surface area contributed by atoms with Crippen LogP contribution in [0.25, 0.3) is 27.6 Å². The van der Waals surface area contributed by atoms with Gasteiger partial charge in [-0.2, -0.15) is 0 Å². The fourth-order valence-electron chi connectivity index (χ4n) is 4.33. The highest BCUT2D eigenvalue weighted by Crippen LogP contribution is 2.34. The maximum atomic E-state index is 5.94. The SMILES string of the molecule is C1=C(c2ccnc3c(Nc4nc5cc(Oc6ccccc6)ccc5[nH]4)c[nH]c23)CCCC1. The number of imidazole rings is 1. The van der Waals surface area contributed by atoms with Crippen molar-refractivity contribution in [3.05, 3.63) is 78.6 Å². The number of nitrogens with one attached hydrogen (secondary N) is 3. The normalized spacial score (nSPS) is 13.9. The molecule has 0 unspecified atom stereocenters. The number of fused-ring (bicyclic) bond motifs is 2. The number of hydrogen-bond donors (Lipinski definition) is 3. The summed E-state index contributed by atoms with van der Waals surface area (Å²) in [7, 11) is 0. The Morgan fingerprint density at radius 2 is 1.91 bits per heavy atom. The topological polar surface area (TPSA) is 78.6 Å². The molecule has 1 aliphatic carbocycles. The van der Waals surface area contributed by atoms with Gasteiger partial charge in [-0.05, 0) is 61.6 Å². The third-order valence-corrected chi connectivity index (χ3v) is 5.89. The number of pyridine rings is 1. The van der Waals surface area contributed by atoms with Crippen molar-refractivity contribution in [1.29, 1.82) is 0 Å². The molecular weight excluding hydrogens is 398 g/mol. The van der Waals surface area contributed by atoms with Crippen LogP contribution in [0.4, 0.5) is 11.6 Å². The number of para-hydroxylation sites is 1. The minimum Gasteiger partial charge on any atom is -0.457 e. The molecule has 6 nitrogen and oxygen atoms in total. The lowest BCUT2D eigenvalue weighted by atomic mass is 9.93. The zero-order chi connectivity index (χ0) is 21.3. The van der Waals surface area contributed by atoms with Crippen LogP contribution in [0, 0.1) is 0 Å². The number of nitrogens with zero attached hydrogens (tertiary/aromatic N) is 2. The van der Waals surface area contributed by atoms with Crippen LogP contribution in [-0.4, -0.2) is 19.9 Å². The van der Waals surface area contributed by atoms with Crippen LogP contribution >= 0.6 is 0 Å². The Balaban J connectivity index is 1.29. The lowest BCUT2D eigenvalue weighted by Crippen LogP contribution is -1.95. The highest BCUT2D eigenvalue weighted by atomic mass is 16.5. The van der Waals surface area contributed by atoms with E-state index >= 15 is 0 Å². The minimum atomic E-state index is 0.668. The van der Waals surface area contributed by atoms with Crippen LogP contribution < -0.4 is 10.1 Å². The molecule has 0 amide bonds. The zero-order valence-electron chi connectivity index (χ0n) is 17.6. The summed E-state index contributed by atoms with van der Waals surface area (Å²) in [5, 5.41) is 3.39. The summed E-state index contributed by atoms with van der Waals surface area (Å²) >= 11 is 0. The first-order chi connectivity index (χ1) is 15.8. The summed E-state index contributed by atoms with van der Waals surface area (Å²) in [6.07, 6.45) is 11.0. The molecule has 3 aromatic heterocycles. The van der Waals surface area contributed by atoms with Crippen molar-refractivity contribution < 1.29 is 4.74 Å². The fraction of sp³-hybridized carbons (Fsp3) is 0.154. The van der Waals surface area contributed by atoms with E-state index in [4.69, 9.17) is 9.72 Å². The second kappa shape index (κ2) is 7.89. The second-order valence-electron chi connectivity index (χ2n) is 8.06. The first-order valence-electron chi connectivity index (χ1n) is 11.0. The molecule has 32 heavy (non-hydrogen) atoms. The molecule has 5 aromatic rings. The lowest BCUT2D eigenvalue weighted by Gasteiger charge is -2.13. The van der Waals surface area contributed by atoms with E-state index in [0.29, 0.717) is 5.95 Å². The number of hydrogen-bond acceptors (Lipinski definition) is 4. The highest BCUT2D eigenvalue weighted by Gasteiger charge is 2.15. The van der Waals surface area contributed by atoms with Gasteiger partial charge in [-0.3, -0.25) is 4.98 Å². The maximum absolute atomic E-state index is 5.94. The summed E-state index contributed by atoms with van der Waals surface area (Å²) in [6, 6.07) is 17.7. The van der Waals surface area contributed by atoms with E-state index in [-0.39, 0.29) is 0 Å². The van der Waals surface area contributed by atoms with E-state index in [1.165, 1.54) is 24.0 Å². The van der Waals surface area contributed by atoms with E-state index in [9.17, 15) is 0 Å². The Labute approximate surface area is 185 Å². The first-order valence-corrected chi connectivity index (χ1v) is 11.0. The smallest absolute Gasteiger partial charge is 0.205 e. The first kappa shape index (κ1) is 18.7. The van der Waals surface area contributed by atoms with Gasteiger partial charge in [0.05, 0.1) is 22.2 Å². The number of rotatable bonds is 5. The van der Waals surface area contributed by atoms with Gasteiger partial charge in [0.2, 0.25) is 5.95 Å². The molecule has 1 aliphatic rings. The average Bonchev–Trinajstić information content (AvgIpc) is 3.44.